The van der Waals surface area contributed by atoms with E-state index in [0.29, 0.717) is 28.1 Å². The standard InChI is InChI=1S/C16H17ClN6/c1-23-14(18)12-13(10-4-2-3-5-11(10)17)20-16(21-15(12)22-23)19-8-9-6-7-9/h2-5,9H,6-8,18H2,1H3,(H,19,21,22). The number of fused-ring (bicyclic) bond motifs is 1. The van der Waals surface area contributed by atoms with Crippen molar-refractivity contribution in [3.05, 3.63) is 29.3 Å². The summed E-state index contributed by atoms with van der Waals surface area (Å²) in [5, 5.41) is 9.05. The van der Waals surface area contributed by atoms with E-state index in [4.69, 9.17) is 17.3 Å². The molecule has 2 aromatic heterocycles. The minimum atomic E-state index is 0.531. The summed E-state index contributed by atoms with van der Waals surface area (Å²) in [4.78, 5) is 9.16. The second-order valence-corrected chi connectivity index (χ2v) is 6.31. The monoisotopic (exact) mass is 328 g/mol. The van der Waals surface area contributed by atoms with Crippen LogP contribution in [0.15, 0.2) is 24.3 Å². The molecule has 0 radical (unpaired) electrons. The fourth-order valence-corrected chi connectivity index (χ4v) is 2.82. The first-order valence-electron chi connectivity index (χ1n) is 7.62. The Morgan fingerprint density at radius 2 is 2.09 bits per heavy atom. The van der Waals surface area contributed by atoms with Crippen LogP contribution in [0.2, 0.25) is 5.02 Å². The number of nitrogens with one attached hydrogen (secondary N) is 1. The number of nitrogens with zero attached hydrogens (tertiary/aromatic N) is 4. The fourth-order valence-electron chi connectivity index (χ4n) is 2.60. The number of aryl methyl sites for hydroxylation is 1. The van der Waals surface area contributed by atoms with Crippen molar-refractivity contribution in [3.8, 4) is 11.3 Å². The van der Waals surface area contributed by atoms with Crippen LogP contribution in [0.3, 0.4) is 0 Å². The summed E-state index contributed by atoms with van der Waals surface area (Å²) in [5.74, 6) is 1.83. The first-order valence-corrected chi connectivity index (χ1v) is 8.00. The van der Waals surface area contributed by atoms with Crippen molar-refractivity contribution in [2.45, 2.75) is 12.8 Å². The predicted molar refractivity (Wildman–Crippen MR) is 92.4 cm³/mol. The first kappa shape index (κ1) is 14.3. The lowest BCUT2D eigenvalue weighted by Gasteiger charge is -2.09. The number of anilines is 2. The molecule has 0 amide bonds. The van der Waals surface area contributed by atoms with Gasteiger partial charge in [0.2, 0.25) is 5.95 Å². The molecule has 118 valence electrons. The minimum Gasteiger partial charge on any atom is -0.383 e. The summed E-state index contributed by atoms with van der Waals surface area (Å²) in [6.45, 7) is 0.885. The molecule has 23 heavy (non-hydrogen) atoms. The van der Waals surface area contributed by atoms with Crippen molar-refractivity contribution in [1.29, 1.82) is 0 Å². The average molecular weight is 329 g/mol. The SMILES string of the molecule is Cn1nc2nc(NCC3CC3)nc(-c3ccccc3Cl)c2c1N. The number of halogens is 1. The number of benzene rings is 1. The van der Waals surface area contributed by atoms with Gasteiger partial charge in [0.05, 0.1) is 11.1 Å². The molecule has 3 aromatic rings. The van der Waals surface area contributed by atoms with E-state index in [9.17, 15) is 0 Å². The van der Waals surface area contributed by atoms with Gasteiger partial charge in [0.25, 0.3) is 0 Å². The highest BCUT2D eigenvalue weighted by Crippen LogP contribution is 2.35. The summed E-state index contributed by atoms with van der Waals surface area (Å²) in [6.07, 6.45) is 2.53. The maximum absolute atomic E-state index is 6.36. The Morgan fingerprint density at radius 1 is 1.30 bits per heavy atom. The number of nitrogens with two attached hydrogens (primary N) is 1. The van der Waals surface area contributed by atoms with E-state index in [0.717, 1.165) is 23.4 Å². The predicted octanol–water partition coefficient (Wildman–Crippen LogP) is 3.09. The largest absolute Gasteiger partial charge is 0.383 e. The van der Waals surface area contributed by atoms with Crippen LogP contribution in [-0.4, -0.2) is 26.3 Å². The smallest absolute Gasteiger partial charge is 0.225 e. The molecule has 2 heterocycles. The lowest BCUT2D eigenvalue weighted by atomic mass is 10.1. The third-order valence-electron chi connectivity index (χ3n) is 4.11. The van der Waals surface area contributed by atoms with E-state index >= 15 is 0 Å². The fraction of sp³-hybridized carbons (Fsp3) is 0.312. The summed E-state index contributed by atoms with van der Waals surface area (Å²) < 4.78 is 1.62. The molecule has 0 aliphatic heterocycles. The van der Waals surface area contributed by atoms with Crippen LogP contribution in [0, 0.1) is 5.92 Å². The molecule has 1 aliphatic carbocycles. The van der Waals surface area contributed by atoms with Crippen molar-refractivity contribution in [2.75, 3.05) is 17.6 Å². The zero-order chi connectivity index (χ0) is 16.0. The Labute approximate surface area is 138 Å². The Kier molecular flexibility index (Phi) is 3.34. The van der Waals surface area contributed by atoms with Crippen LogP contribution in [0.4, 0.5) is 11.8 Å². The molecule has 0 saturated heterocycles. The maximum Gasteiger partial charge on any atom is 0.225 e. The molecule has 0 unspecified atom stereocenters. The number of hydrogen-bond acceptors (Lipinski definition) is 5. The molecule has 0 spiro atoms. The molecule has 1 aliphatic rings. The average Bonchev–Trinajstić information content (AvgIpc) is 3.32. The maximum atomic E-state index is 6.36. The van der Waals surface area contributed by atoms with Gasteiger partial charge in [-0.3, -0.25) is 4.68 Å². The van der Waals surface area contributed by atoms with Gasteiger partial charge in [-0.1, -0.05) is 29.8 Å². The lowest BCUT2D eigenvalue weighted by Crippen LogP contribution is -2.08. The van der Waals surface area contributed by atoms with Crippen LogP contribution in [0.1, 0.15) is 12.8 Å². The van der Waals surface area contributed by atoms with Gasteiger partial charge in [-0.2, -0.15) is 10.1 Å². The zero-order valence-corrected chi connectivity index (χ0v) is 13.5. The van der Waals surface area contributed by atoms with Crippen molar-refractivity contribution < 1.29 is 0 Å². The van der Waals surface area contributed by atoms with Gasteiger partial charge >= 0.3 is 0 Å². The van der Waals surface area contributed by atoms with Gasteiger partial charge < -0.3 is 11.1 Å². The lowest BCUT2D eigenvalue weighted by molar-refractivity contribution is 0.786. The van der Waals surface area contributed by atoms with Crippen molar-refractivity contribution >= 4 is 34.4 Å². The van der Waals surface area contributed by atoms with Gasteiger partial charge in [0.15, 0.2) is 5.65 Å². The van der Waals surface area contributed by atoms with E-state index in [2.05, 4.69) is 20.4 Å². The molecule has 6 nitrogen and oxygen atoms in total. The van der Waals surface area contributed by atoms with Crippen LogP contribution in [0.25, 0.3) is 22.3 Å². The van der Waals surface area contributed by atoms with E-state index in [1.807, 2.05) is 24.3 Å². The summed E-state index contributed by atoms with van der Waals surface area (Å²) in [6, 6.07) is 7.60. The molecule has 0 bridgehead atoms. The summed E-state index contributed by atoms with van der Waals surface area (Å²) in [7, 11) is 1.80. The number of nitrogen functional groups attached to an aromatic ring is 1. The second-order valence-electron chi connectivity index (χ2n) is 5.91. The number of aromatic nitrogens is 4. The molecule has 4 rings (SSSR count). The number of rotatable bonds is 4. The van der Waals surface area contributed by atoms with Crippen molar-refractivity contribution in [2.24, 2.45) is 13.0 Å². The highest BCUT2D eigenvalue weighted by molar-refractivity contribution is 6.33. The third-order valence-corrected chi connectivity index (χ3v) is 4.44. The van der Waals surface area contributed by atoms with Crippen LogP contribution < -0.4 is 11.1 Å². The Hall–Kier alpha value is -2.34. The molecule has 1 fully saturated rings. The van der Waals surface area contributed by atoms with Gasteiger partial charge in [-0.05, 0) is 24.8 Å². The third kappa shape index (κ3) is 2.59. The van der Waals surface area contributed by atoms with Gasteiger partial charge in [-0.25, -0.2) is 4.98 Å². The Morgan fingerprint density at radius 3 is 2.83 bits per heavy atom. The molecular formula is C16H17ClN6. The highest BCUT2D eigenvalue weighted by atomic mass is 35.5. The van der Waals surface area contributed by atoms with Crippen LogP contribution in [-0.2, 0) is 7.05 Å². The van der Waals surface area contributed by atoms with Crippen LogP contribution >= 0.6 is 11.6 Å². The normalized spacial score (nSPS) is 14.3. The quantitative estimate of drug-likeness (QED) is 0.769. The minimum absolute atomic E-state index is 0.531. The van der Waals surface area contributed by atoms with E-state index in [-0.39, 0.29) is 0 Å². The van der Waals surface area contributed by atoms with E-state index < -0.39 is 0 Å². The van der Waals surface area contributed by atoms with Gasteiger partial charge in [0, 0.05) is 24.2 Å². The molecule has 1 aromatic carbocycles. The van der Waals surface area contributed by atoms with Crippen molar-refractivity contribution in [3.63, 3.8) is 0 Å². The Balaban J connectivity index is 1.89. The molecule has 1 saturated carbocycles. The molecule has 7 heteroatoms. The molecule has 3 N–H and O–H groups in total. The van der Waals surface area contributed by atoms with Gasteiger partial charge in [0.1, 0.15) is 5.82 Å². The topological polar surface area (TPSA) is 81.7 Å². The molecular weight excluding hydrogens is 312 g/mol. The summed E-state index contributed by atoms with van der Waals surface area (Å²) in [5.41, 5.74) is 8.28. The van der Waals surface area contributed by atoms with Crippen LogP contribution in [0.5, 0.6) is 0 Å². The number of hydrogen-bond donors (Lipinski definition) is 2. The highest BCUT2D eigenvalue weighted by Gasteiger charge is 2.22. The molecule has 0 atom stereocenters. The Bertz CT molecular complexity index is 884. The zero-order valence-electron chi connectivity index (χ0n) is 12.8. The van der Waals surface area contributed by atoms with E-state index in [1.54, 1.807) is 11.7 Å². The van der Waals surface area contributed by atoms with E-state index in [1.165, 1.54) is 12.8 Å². The first-order chi connectivity index (χ1) is 11.1. The van der Waals surface area contributed by atoms with Gasteiger partial charge in [-0.15, -0.1) is 0 Å². The second kappa shape index (κ2) is 5.38. The van der Waals surface area contributed by atoms with Crippen molar-refractivity contribution in [1.82, 2.24) is 19.7 Å². The summed E-state index contributed by atoms with van der Waals surface area (Å²) >= 11 is 6.36.